The van der Waals surface area contributed by atoms with E-state index < -0.39 is 6.29 Å². The molecular weight excluding hydrogens is 276 g/mol. The minimum Gasteiger partial charge on any atom is -0.392 e. The SMILES string of the molecule is C=C.CCOC(C)OCC.O=C1C(CO)=C[C@H]2CO[C@@H]1O2. The first-order valence-electron chi connectivity index (χ1n) is 6.98. The maximum atomic E-state index is 11.1. The minimum absolute atomic E-state index is 0.0370. The highest BCUT2D eigenvalue weighted by Gasteiger charge is 2.36. The van der Waals surface area contributed by atoms with E-state index in [9.17, 15) is 4.79 Å². The molecule has 0 unspecified atom stereocenters. The lowest BCUT2D eigenvalue weighted by Gasteiger charge is -2.15. The Hall–Kier alpha value is -1.05. The highest BCUT2D eigenvalue weighted by Crippen LogP contribution is 2.22. The van der Waals surface area contributed by atoms with E-state index in [0.29, 0.717) is 12.2 Å². The monoisotopic (exact) mass is 302 g/mol. The summed E-state index contributed by atoms with van der Waals surface area (Å²) in [6.45, 7) is 13.4. The van der Waals surface area contributed by atoms with Crippen LogP contribution in [0.2, 0.25) is 0 Å². The van der Waals surface area contributed by atoms with Gasteiger partial charge in [0.1, 0.15) is 6.10 Å². The Morgan fingerprint density at radius 1 is 1.38 bits per heavy atom. The predicted octanol–water partition coefficient (Wildman–Crippen LogP) is 1.44. The van der Waals surface area contributed by atoms with Gasteiger partial charge in [0.15, 0.2) is 6.29 Å². The number of Topliss-reactive ketones (excluding diaryl/α,β-unsaturated/α-hetero) is 1. The molecule has 2 aliphatic rings. The van der Waals surface area contributed by atoms with Crippen molar-refractivity contribution in [3.05, 3.63) is 24.8 Å². The van der Waals surface area contributed by atoms with Crippen LogP contribution in [-0.2, 0) is 23.7 Å². The molecular formula is C15H26O6. The molecule has 0 radical (unpaired) electrons. The van der Waals surface area contributed by atoms with Crippen molar-refractivity contribution in [2.75, 3.05) is 26.4 Å². The number of carbonyl (C=O) groups is 1. The van der Waals surface area contributed by atoms with Crippen molar-refractivity contribution in [2.24, 2.45) is 0 Å². The van der Waals surface area contributed by atoms with Gasteiger partial charge in [-0.05, 0) is 26.8 Å². The van der Waals surface area contributed by atoms with E-state index in [2.05, 4.69) is 13.2 Å². The van der Waals surface area contributed by atoms with Gasteiger partial charge in [-0.25, -0.2) is 0 Å². The maximum absolute atomic E-state index is 11.1. The molecule has 2 rings (SSSR count). The standard InChI is InChI=1S/C7H8O4.C6H14O2.C2H4/c8-2-4-1-5-3-10-7(11-5)6(4)9;1-4-7-6(3)8-5-2;1-2/h1,5,7-8H,2-3H2;6H,4-5H2,1-3H3;1-2H2/t5-,7+;;/m0../s1. The van der Waals surface area contributed by atoms with E-state index in [-0.39, 0.29) is 24.8 Å². The van der Waals surface area contributed by atoms with Gasteiger partial charge in [-0.15, -0.1) is 13.2 Å². The van der Waals surface area contributed by atoms with Gasteiger partial charge >= 0.3 is 0 Å². The predicted molar refractivity (Wildman–Crippen MR) is 78.8 cm³/mol. The number of aliphatic hydroxyl groups excluding tert-OH is 1. The molecule has 1 N–H and O–H groups in total. The van der Waals surface area contributed by atoms with Gasteiger partial charge in [-0.1, -0.05) is 0 Å². The van der Waals surface area contributed by atoms with Crippen molar-refractivity contribution < 1.29 is 28.8 Å². The first-order valence-corrected chi connectivity index (χ1v) is 6.98. The summed E-state index contributed by atoms with van der Waals surface area (Å²) < 4.78 is 20.2. The van der Waals surface area contributed by atoms with Crippen LogP contribution in [0.5, 0.6) is 0 Å². The van der Waals surface area contributed by atoms with Crippen molar-refractivity contribution in [1.29, 1.82) is 0 Å². The number of ketones is 1. The van der Waals surface area contributed by atoms with Crippen molar-refractivity contribution in [2.45, 2.75) is 39.5 Å². The number of hydrogen-bond acceptors (Lipinski definition) is 6. The molecule has 0 spiro atoms. The van der Waals surface area contributed by atoms with Gasteiger partial charge < -0.3 is 24.1 Å². The summed E-state index contributed by atoms with van der Waals surface area (Å²) in [5.41, 5.74) is 0.406. The lowest BCUT2D eigenvalue weighted by Crippen LogP contribution is -2.29. The van der Waals surface area contributed by atoms with Crippen molar-refractivity contribution in [3.8, 4) is 0 Å². The molecule has 21 heavy (non-hydrogen) atoms. The molecule has 2 heterocycles. The number of carbonyl (C=O) groups excluding carboxylic acids is 1. The number of ether oxygens (including phenoxy) is 4. The largest absolute Gasteiger partial charge is 0.392 e. The summed E-state index contributed by atoms with van der Waals surface area (Å²) in [5.74, 6) is -0.249. The topological polar surface area (TPSA) is 74.2 Å². The zero-order valence-electron chi connectivity index (χ0n) is 13.0. The lowest BCUT2D eigenvalue weighted by atomic mass is 10.1. The second-order valence-corrected chi connectivity index (χ2v) is 4.03. The molecule has 6 nitrogen and oxygen atoms in total. The van der Waals surface area contributed by atoms with Crippen molar-refractivity contribution in [3.63, 3.8) is 0 Å². The van der Waals surface area contributed by atoms with Gasteiger partial charge in [-0.2, -0.15) is 0 Å². The summed E-state index contributed by atoms with van der Waals surface area (Å²) in [6, 6.07) is 0. The van der Waals surface area contributed by atoms with Crippen LogP contribution in [0.3, 0.4) is 0 Å². The fraction of sp³-hybridized carbons (Fsp3) is 0.667. The van der Waals surface area contributed by atoms with Crippen LogP contribution < -0.4 is 0 Å². The molecule has 0 aromatic heterocycles. The van der Waals surface area contributed by atoms with Crippen LogP contribution in [0.25, 0.3) is 0 Å². The van der Waals surface area contributed by atoms with Crippen molar-refractivity contribution in [1.82, 2.24) is 0 Å². The molecule has 2 bridgehead atoms. The molecule has 0 saturated carbocycles. The van der Waals surface area contributed by atoms with E-state index >= 15 is 0 Å². The Kier molecular flexibility index (Phi) is 11.0. The van der Waals surface area contributed by atoms with Crippen LogP contribution in [0.4, 0.5) is 0 Å². The summed E-state index contributed by atoms with van der Waals surface area (Å²) in [7, 11) is 0. The van der Waals surface area contributed by atoms with Crippen LogP contribution in [-0.4, -0.2) is 56.0 Å². The highest BCUT2D eigenvalue weighted by molar-refractivity contribution is 5.99. The Morgan fingerprint density at radius 2 is 1.95 bits per heavy atom. The second-order valence-electron chi connectivity index (χ2n) is 4.03. The lowest BCUT2D eigenvalue weighted by molar-refractivity contribution is -0.143. The molecule has 0 aromatic carbocycles. The molecule has 0 aromatic rings. The normalized spacial score (nSPS) is 22.9. The molecule has 2 atom stereocenters. The molecule has 1 fully saturated rings. The number of fused-ring (bicyclic) bond motifs is 2. The highest BCUT2D eigenvalue weighted by atomic mass is 16.7. The molecule has 122 valence electrons. The Labute approximate surface area is 126 Å². The third-order valence-electron chi connectivity index (χ3n) is 2.60. The van der Waals surface area contributed by atoms with E-state index in [1.54, 1.807) is 6.08 Å². The number of rotatable bonds is 5. The quantitative estimate of drug-likeness (QED) is 0.612. The van der Waals surface area contributed by atoms with Crippen LogP contribution >= 0.6 is 0 Å². The first-order chi connectivity index (χ1) is 10.1. The van der Waals surface area contributed by atoms with Crippen molar-refractivity contribution >= 4 is 5.78 Å². The second kappa shape index (κ2) is 11.6. The van der Waals surface area contributed by atoms with E-state index in [1.807, 2.05) is 20.8 Å². The average molecular weight is 302 g/mol. The van der Waals surface area contributed by atoms with Gasteiger partial charge in [0.2, 0.25) is 12.1 Å². The summed E-state index contributed by atoms with van der Waals surface area (Å²) in [5, 5.41) is 8.72. The average Bonchev–Trinajstić information content (AvgIpc) is 2.90. The zero-order chi connectivity index (χ0) is 16.3. The summed E-state index contributed by atoms with van der Waals surface area (Å²) >= 11 is 0. The summed E-state index contributed by atoms with van der Waals surface area (Å²) in [6.07, 6.45) is 0.684. The maximum Gasteiger partial charge on any atom is 0.223 e. The number of aliphatic hydroxyl groups is 1. The molecule has 2 aliphatic heterocycles. The molecule has 6 heteroatoms. The smallest absolute Gasteiger partial charge is 0.223 e. The van der Waals surface area contributed by atoms with Gasteiger partial charge in [0.25, 0.3) is 0 Å². The third-order valence-corrected chi connectivity index (χ3v) is 2.60. The van der Waals surface area contributed by atoms with Crippen LogP contribution in [0.1, 0.15) is 20.8 Å². The minimum atomic E-state index is -0.757. The summed E-state index contributed by atoms with van der Waals surface area (Å²) in [4.78, 5) is 11.1. The van der Waals surface area contributed by atoms with Gasteiger partial charge in [-0.3, -0.25) is 4.79 Å². The van der Waals surface area contributed by atoms with Crippen LogP contribution in [0, 0.1) is 0 Å². The third kappa shape index (κ3) is 6.97. The van der Waals surface area contributed by atoms with Crippen LogP contribution in [0.15, 0.2) is 24.8 Å². The van der Waals surface area contributed by atoms with Gasteiger partial charge in [0, 0.05) is 18.8 Å². The van der Waals surface area contributed by atoms with E-state index in [4.69, 9.17) is 24.1 Å². The molecule has 0 aliphatic carbocycles. The molecule has 1 saturated heterocycles. The zero-order valence-corrected chi connectivity index (χ0v) is 13.0. The Morgan fingerprint density at radius 3 is 2.43 bits per heavy atom. The Bertz CT molecular complexity index is 322. The molecule has 0 amide bonds. The Balaban J connectivity index is 0.000000358. The van der Waals surface area contributed by atoms with E-state index in [0.717, 1.165) is 13.2 Å². The fourth-order valence-electron chi connectivity index (χ4n) is 1.75. The van der Waals surface area contributed by atoms with E-state index in [1.165, 1.54) is 0 Å². The van der Waals surface area contributed by atoms with Gasteiger partial charge in [0.05, 0.1) is 13.2 Å². The first kappa shape index (κ1) is 19.9. The number of hydrogen-bond donors (Lipinski definition) is 1. The fourth-order valence-corrected chi connectivity index (χ4v) is 1.75.